The summed E-state index contributed by atoms with van der Waals surface area (Å²) in [5.41, 5.74) is 2.86. The van der Waals surface area contributed by atoms with Crippen molar-refractivity contribution in [1.29, 1.82) is 0 Å². The Hall–Kier alpha value is -5.41. The molecule has 1 N–H and O–H groups in total. The number of likely N-dealkylation sites (N-methyl/N-ethyl adjacent to an activating group) is 1. The molecule has 0 aliphatic heterocycles. The monoisotopic (exact) mass is 661 g/mol. The van der Waals surface area contributed by atoms with Crippen LogP contribution in [0.5, 0.6) is 11.5 Å². The zero-order chi connectivity index (χ0) is 33.9. The number of carbonyl (C=O) groups is 2. The summed E-state index contributed by atoms with van der Waals surface area (Å²) in [5, 5.41) is 2.88. The summed E-state index contributed by atoms with van der Waals surface area (Å²) in [7, 11) is -4.21. The summed E-state index contributed by atoms with van der Waals surface area (Å²) in [6.45, 7) is 3.65. The summed E-state index contributed by atoms with van der Waals surface area (Å²) in [6.07, 6.45) is 0.251. The smallest absolute Gasteiger partial charge is 0.264 e. The molecule has 5 rings (SSSR count). The molecule has 0 aliphatic rings. The van der Waals surface area contributed by atoms with E-state index in [2.05, 4.69) is 5.32 Å². The number of hydrogen-bond donors (Lipinski definition) is 1. The van der Waals surface area contributed by atoms with Gasteiger partial charge in [0.15, 0.2) is 0 Å². The van der Waals surface area contributed by atoms with Crippen LogP contribution in [0, 0.1) is 6.92 Å². The van der Waals surface area contributed by atoms with E-state index in [1.54, 1.807) is 36.4 Å². The second kappa shape index (κ2) is 15.9. The third-order valence-electron chi connectivity index (χ3n) is 7.81. The van der Waals surface area contributed by atoms with Gasteiger partial charge >= 0.3 is 0 Å². The predicted molar refractivity (Wildman–Crippen MR) is 188 cm³/mol. The van der Waals surface area contributed by atoms with Crippen LogP contribution in [0.2, 0.25) is 0 Å². The Labute approximate surface area is 282 Å². The third kappa shape index (κ3) is 8.68. The molecule has 0 aliphatic carbocycles. The van der Waals surface area contributed by atoms with Gasteiger partial charge in [-0.1, -0.05) is 96.6 Å². The molecule has 0 bridgehead atoms. The molecule has 5 aromatic rings. The Morgan fingerprint density at radius 1 is 0.708 bits per heavy atom. The number of hydrogen-bond acceptors (Lipinski definition) is 5. The van der Waals surface area contributed by atoms with E-state index in [9.17, 15) is 18.0 Å². The molecular weight excluding hydrogens is 623 g/mol. The summed E-state index contributed by atoms with van der Waals surface area (Å²) in [4.78, 5) is 29.7. The molecule has 9 heteroatoms. The highest BCUT2D eigenvalue weighted by Gasteiger charge is 2.34. The Morgan fingerprint density at radius 2 is 1.25 bits per heavy atom. The largest absolute Gasteiger partial charge is 0.457 e. The predicted octanol–water partition coefficient (Wildman–Crippen LogP) is 6.76. The second-order valence-corrected chi connectivity index (χ2v) is 13.2. The molecule has 5 aromatic carbocycles. The van der Waals surface area contributed by atoms with Gasteiger partial charge in [-0.3, -0.25) is 13.9 Å². The zero-order valence-corrected chi connectivity index (χ0v) is 27.8. The number of nitrogens with one attached hydrogen (secondary N) is 1. The van der Waals surface area contributed by atoms with Crippen molar-refractivity contribution in [3.05, 3.63) is 156 Å². The van der Waals surface area contributed by atoms with Crippen molar-refractivity contribution in [2.24, 2.45) is 0 Å². The number of rotatable bonds is 14. The normalized spacial score (nSPS) is 11.7. The number of sulfonamides is 1. The highest BCUT2D eigenvalue weighted by molar-refractivity contribution is 7.92. The molecule has 0 saturated heterocycles. The van der Waals surface area contributed by atoms with Crippen molar-refractivity contribution < 1.29 is 22.7 Å². The molecule has 0 saturated carbocycles. The van der Waals surface area contributed by atoms with Gasteiger partial charge in [-0.15, -0.1) is 0 Å². The Bertz CT molecular complexity index is 1890. The van der Waals surface area contributed by atoms with Crippen LogP contribution in [-0.4, -0.2) is 44.3 Å². The minimum Gasteiger partial charge on any atom is -0.457 e. The lowest BCUT2D eigenvalue weighted by atomic mass is 10.0. The fourth-order valence-corrected chi connectivity index (χ4v) is 6.71. The van der Waals surface area contributed by atoms with Crippen LogP contribution in [0.25, 0.3) is 0 Å². The molecule has 48 heavy (non-hydrogen) atoms. The topological polar surface area (TPSA) is 96.0 Å². The first kappa shape index (κ1) is 33.9. The molecular formula is C39H39N3O5S. The number of benzene rings is 5. The molecule has 0 aromatic heterocycles. The summed E-state index contributed by atoms with van der Waals surface area (Å²) < 4.78 is 35.6. The third-order valence-corrected chi connectivity index (χ3v) is 9.60. The van der Waals surface area contributed by atoms with Gasteiger partial charge in [0.05, 0.1) is 10.6 Å². The van der Waals surface area contributed by atoms with E-state index in [-0.39, 0.29) is 29.5 Å². The number of carbonyl (C=O) groups excluding carboxylic acids is 2. The first-order chi connectivity index (χ1) is 23.2. The summed E-state index contributed by atoms with van der Waals surface area (Å²) in [5.74, 6) is 0.303. The molecule has 246 valence electrons. The molecule has 1 atom stereocenters. The molecule has 0 fully saturated rings. The molecule has 8 nitrogen and oxygen atoms in total. The van der Waals surface area contributed by atoms with Gasteiger partial charge in [0.2, 0.25) is 11.8 Å². The Balaban J connectivity index is 1.54. The lowest BCUT2D eigenvalue weighted by Gasteiger charge is -2.33. The maximum absolute atomic E-state index is 14.5. The zero-order valence-electron chi connectivity index (χ0n) is 27.0. The van der Waals surface area contributed by atoms with Gasteiger partial charge < -0.3 is 15.0 Å². The van der Waals surface area contributed by atoms with E-state index in [4.69, 9.17) is 4.74 Å². The van der Waals surface area contributed by atoms with Gasteiger partial charge in [0.1, 0.15) is 24.1 Å². The van der Waals surface area contributed by atoms with Gasteiger partial charge in [0, 0.05) is 19.5 Å². The van der Waals surface area contributed by atoms with Crippen LogP contribution < -0.4 is 14.4 Å². The van der Waals surface area contributed by atoms with Crippen LogP contribution in [0.1, 0.15) is 23.6 Å². The average molecular weight is 662 g/mol. The molecule has 0 spiro atoms. The van der Waals surface area contributed by atoms with Crippen molar-refractivity contribution >= 4 is 27.5 Å². The van der Waals surface area contributed by atoms with Crippen molar-refractivity contribution in [2.45, 2.75) is 37.8 Å². The SMILES string of the molecule is CCNC(=O)C(Cc1ccccc1)N(Cc1ccccc1)C(=O)CN(c1ccc(Oc2ccccc2)cc1)S(=O)(=O)c1ccc(C)cc1. The maximum Gasteiger partial charge on any atom is 0.264 e. The van der Waals surface area contributed by atoms with Crippen LogP contribution in [0.4, 0.5) is 5.69 Å². The lowest BCUT2D eigenvalue weighted by molar-refractivity contribution is -0.140. The first-order valence-corrected chi connectivity index (χ1v) is 17.3. The quantitative estimate of drug-likeness (QED) is 0.142. The molecule has 2 amide bonds. The van der Waals surface area contributed by atoms with E-state index in [0.29, 0.717) is 18.0 Å². The van der Waals surface area contributed by atoms with Crippen molar-refractivity contribution in [1.82, 2.24) is 10.2 Å². The fraction of sp³-hybridized carbons (Fsp3) is 0.179. The van der Waals surface area contributed by atoms with Gasteiger partial charge in [0.25, 0.3) is 10.0 Å². The van der Waals surface area contributed by atoms with Crippen molar-refractivity contribution in [3.63, 3.8) is 0 Å². The van der Waals surface area contributed by atoms with Crippen LogP contribution in [0.15, 0.2) is 144 Å². The number of para-hydroxylation sites is 1. The van der Waals surface area contributed by atoms with Crippen LogP contribution in [0.3, 0.4) is 0 Å². The summed E-state index contributed by atoms with van der Waals surface area (Å²) in [6, 6.07) is 40.3. The highest BCUT2D eigenvalue weighted by Crippen LogP contribution is 2.29. The van der Waals surface area contributed by atoms with Crippen LogP contribution >= 0.6 is 0 Å². The maximum atomic E-state index is 14.5. The van der Waals surface area contributed by atoms with E-state index >= 15 is 0 Å². The number of amides is 2. The van der Waals surface area contributed by atoms with Gasteiger partial charge in [-0.05, 0) is 73.5 Å². The van der Waals surface area contributed by atoms with Gasteiger partial charge in [-0.25, -0.2) is 8.42 Å². The number of aryl methyl sites for hydroxylation is 1. The number of nitrogens with zero attached hydrogens (tertiary/aromatic N) is 2. The second-order valence-electron chi connectivity index (χ2n) is 11.3. The minimum absolute atomic E-state index is 0.0460. The molecule has 1 unspecified atom stereocenters. The highest BCUT2D eigenvalue weighted by atomic mass is 32.2. The first-order valence-electron chi connectivity index (χ1n) is 15.8. The van der Waals surface area contributed by atoms with Crippen LogP contribution in [-0.2, 0) is 32.6 Å². The molecule has 0 radical (unpaired) electrons. The van der Waals surface area contributed by atoms with E-state index in [0.717, 1.165) is 21.0 Å². The fourth-order valence-electron chi connectivity index (χ4n) is 5.30. The van der Waals surface area contributed by atoms with E-state index in [1.165, 1.54) is 17.0 Å². The Morgan fingerprint density at radius 3 is 1.83 bits per heavy atom. The Kier molecular flexibility index (Phi) is 11.3. The molecule has 0 heterocycles. The minimum atomic E-state index is -4.21. The van der Waals surface area contributed by atoms with Gasteiger partial charge in [-0.2, -0.15) is 0 Å². The number of anilines is 1. The average Bonchev–Trinajstić information content (AvgIpc) is 3.10. The summed E-state index contributed by atoms with van der Waals surface area (Å²) >= 11 is 0. The lowest BCUT2D eigenvalue weighted by Crippen LogP contribution is -2.53. The number of ether oxygens (including phenoxy) is 1. The standard InChI is InChI=1S/C39H39N3O5S/c1-3-40-39(44)37(27-31-13-7-4-8-14-31)41(28-32-15-9-5-10-16-32)38(43)29-42(48(45,46)36-25-19-30(2)20-26-36)33-21-23-35(24-22-33)47-34-17-11-6-12-18-34/h4-26,37H,3,27-29H2,1-2H3,(H,40,44). The van der Waals surface area contributed by atoms with E-state index < -0.39 is 28.5 Å². The van der Waals surface area contributed by atoms with Crippen molar-refractivity contribution in [3.8, 4) is 11.5 Å². The van der Waals surface area contributed by atoms with Crippen molar-refractivity contribution in [2.75, 3.05) is 17.4 Å². The van der Waals surface area contributed by atoms with E-state index in [1.807, 2.05) is 105 Å².